The van der Waals surface area contributed by atoms with Gasteiger partial charge in [-0.1, -0.05) is 13.8 Å². The van der Waals surface area contributed by atoms with E-state index in [1.54, 1.807) is 6.07 Å². The van der Waals surface area contributed by atoms with Gasteiger partial charge in [-0.05, 0) is 18.5 Å². The summed E-state index contributed by atoms with van der Waals surface area (Å²) in [5.74, 6) is 2.64. The molecule has 1 aliphatic heterocycles. The molecule has 1 aromatic carbocycles. The number of nitriles is 1. The van der Waals surface area contributed by atoms with Crippen molar-refractivity contribution < 1.29 is 14.2 Å². The summed E-state index contributed by atoms with van der Waals surface area (Å²) in [5.41, 5.74) is 0.972. The van der Waals surface area contributed by atoms with Crippen LogP contribution in [0.5, 0.6) is 17.2 Å². The Bertz CT molecular complexity index is 480. The molecule has 102 valence electrons. The predicted octanol–water partition coefficient (Wildman–Crippen LogP) is 2.06. The first-order valence-electron chi connectivity index (χ1n) is 6.33. The molecule has 1 heterocycles. The number of nitrogens with zero attached hydrogens (tertiary/aromatic N) is 1. The van der Waals surface area contributed by atoms with Crippen molar-refractivity contribution in [2.45, 2.75) is 20.4 Å². The number of ether oxygens (including phenoxy) is 3. The molecule has 0 atom stereocenters. The van der Waals surface area contributed by atoms with Gasteiger partial charge in [-0.2, -0.15) is 5.26 Å². The smallest absolute Gasteiger partial charge is 0.231 e. The molecule has 0 saturated carbocycles. The van der Waals surface area contributed by atoms with Gasteiger partial charge in [0.25, 0.3) is 0 Å². The molecule has 0 spiro atoms. The summed E-state index contributed by atoms with van der Waals surface area (Å²) >= 11 is 0. The van der Waals surface area contributed by atoms with Crippen LogP contribution in [0.2, 0.25) is 0 Å². The Morgan fingerprint density at radius 2 is 2.11 bits per heavy atom. The van der Waals surface area contributed by atoms with Gasteiger partial charge in [-0.25, -0.2) is 0 Å². The van der Waals surface area contributed by atoms with Gasteiger partial charge >= 0.3 is 0 Å². The van der Waals surface area contributed by atoms with Crippen LogP contribution in [0.25, 0.3) is 0 Å². The van der Waals surface area contributed by atoms with Crippen LogP contribution in [0.1, 0.15) is 19.4 Å². The minimum absolute atomic E-state index is 0.0246. The fourth-order valence-corrected chi connectivity index (χ4v) is 1.84. The molecule has 0 aromatic heterocycles. The molecule has 1 N–H and O–H groups in total. The summed E-state index contributed by atoms with van der Waals surface area (Å²) in [6.45, 7) is 6.16. The Morgan fingerprint density at radius 1 is 1.37 bits per heavy atom. The van der Waals surface area contributed by atoms with Crippen LogP contribution < -0.4 is 19.5 Å². The zero-order valence-corrected chi connectivity index (χ0v) is 11.2. The average molecular weight is 262 g/mol. The third-order valence-electron chi connectivity index (χ3n) is 2.72. The highest BCUT2D eigenvalue weighted by molar-refractivity contribution is 5.51. The highest BCUT2D eigenvalue weighted by Gasteiger charge is 2.18. The lowest BCUT2D eigenvalue weighted by molar-refractivity contribution is 0.174. The minimum atomic E-state index is 0.0246. The molecule has 19 heavy (non-hydrogen) atoms. The van der Waals surface area contributed by atoms with Gasteiger partial charge < -0.3 is 19.5 Å². The van der Waals surface area contributed by atoms with Crippen molar-refractivity contribution >= 4 is 0 Å². The monoisotopic (exact) mass is 262 g/mol. The first-order chi connectivity index (χ1) is 9.20. The van der Waals surface area contributed by atoms with Gasteiger partial charge in [0.05, 0.1) is 0 Å². The maximum atomic E-state index is 8.61. The van der Waals surface area contributed by atoms with Crippen LogP contribution in [0.15, 0.2) is 12.1 Å². The van der Waals surface area contributed by atoms with Crippen molar-refractivity contribution in [1.82, 2.24) is 5.32 Å². The van der Waals surface area contributed by atoms with E-state index in [-0.39, 0.29) is 13.4 Å². The Hall–Kier alpha value is -1.93. The van der Waals surface area contributed by atoms with Crippen molar-refractivity contribution in [2.24, 2.45) is 5.92 Å². The van der Waals surface area contributed by atoms with Crippen LogP contribution >= 0.6 is 0 Å². The summed E-state index contributed by atoms with van der Waals surface area (Å²) in [5, 5.41) is 12.0. The maximum Gasteiger partial charge on any atom is 0.231 e. The molecule has 1 aliphatic rings. The molecule has 2 rings (SSSR count). The van der Waals surface area contributed by atoms with Crippen molar-refractivity contribution in [1.29, 1.82) is 5.26 Å². The topological polar surface area (TPSA) is 63.5 Å². The molecule has 1 aromatic rings. The molecule has 0 amide bonds. The fourth-order valence-electron chi connectivity index (χ4n) is 1.84. The first kappa shape index (κ1) is 13.5. The highest BCUT2D eigenvalue weighted by Crippen LogP contribution is 2.38. The van der Waals surface area contributed by atoms with Crippen molar-refractivity contribution in [2.75, 3.05) is 19.9 Å². The minimum Gasteiger partial charge on any atom is -0.478 e. The molecule has 0 aliphatic carbocycles. The molecule has 0 saturated heterocycles. The average Bonchev–Trinajstić information content (AvgIpc) is 2.82. The zero-order valence-electron chi connectivity index (χ0n) is 11.2. The largest absolute Gasteiger partial charge is 0.478 e. The van der Waals surface area contributed by atoms with E-state index in [1.807, 2.05) is 12.1 Å². The second-order valence-electron chi connectivity index (χ2n) is 4.78. The molecule has 5 nitrogen and oxygen atoms in total. The van der Waals surface area contributed by atoms with Crippen molar-refractivity contribution in [3.63, 3.8) is 0 Å². The number of benzene rings is 1. The summed E-state index contributed by atoms with van der Waals surface area (Å²) in [7, 11) is 0. The van der Waals surface area contributed by atoms with E-state index >= 15 is 0 Å². The van der Waals surface area contributed by atoms with Crippen LogP contribution in [-0.2, 0) is 6.54 Å². The number of nitrogens with one attached hydrogen (secondary N) is 1. The van der Waals surface area contributed by atoms with Crippen LogP contribution in [0.4, 0.5) is 0 Å². The maximum absolute atomic E-state index is 8.61. The van der Waals surface area contributed by atoms with Gasteiger partial charge in [-0.3, -0.25) is 0 Å². The number of hydrogen-bond donors (Lipinski definition) is 1. The molecule has 0 unspecified atom stereocenters. The zero-order chi connectivity index (χ0) is 13.7. The lowest BCUT2D eigenvalue weighted by Crippen LogP contribution is -2.19. The Balaban J connectivity index is 2.12. The van der Waals surface area contributed by atoms with Gasteiger partial charge in [0, 0.05) is 18.2 Å². The quantitative estimate of drug-likeness (QED) is 0.850. The van der Waals surface area contributed by atoms with E-state index in [4.69, 9.17) is 19.5 Å². The van der Waals surface area contributed by atoms with Gasteiger partial charge in [0.15, 0.2) is 18.1 Å². The number of hydrogen-bond acceptors (Lipinski definition) is 5. The molecular formula is C14H18N2O3. The van der Waals surface area contributed by atoms with Crippen LogP contribution in [-0.4, -0.2) is 19.9 Å². The SMILES string of the molecule is CC(C)CNCc1cc2c(cc1OCC#N)OCO2. The fraction of sp³-hybridized carbons (Fsp3) is 0.500. The third-order valence-corrected chi connectivity index (χ3v) is 2.72. The van der Waals surface area contributed by atoms with E-state index < -0.39 is 0 Å². The molecule has 0 radical (unpaired) electrons. The normalized spacial score (nSPS) is 12.5. The number of rotatable bonds is 6. The highest BCUT2D eigenvalue weighted by atomic mass is 16.7. The number of fused-ring (bicyclic) bond motifs is 1. The van der Waals surface area contributed by atoms with Crippen molar-refractivity contribution in [3.8, 4) is 23.3 Å². The summed E-state index contributed by atoms with van der Waals surface area (Å²) in [6.07, 6.45) is 0. The van der Waals surface area contributed by atoms with Crippen molar-refractivity contribution in [3.05, 3.63) is 17.7 Å². The third kappa shape index (κ3) is 3.52. The Kier molecular flexibility index (Phi) is 4.48. The second-order valence-corrected chi connectivity index (χ2v) is 4.78. The molecule has 5 heteroatoms. The van der Waals surface area contributed by atoms with E-state index in [1.165, 1.54) is 0 Å². The van der Waals surface area contributed by atoms with Gasteiger partial charge in [0.1, 0.15) is 11.8 Å². The molecule has 0 fully saturated rings. The summed E-state index contributed by atoms with van der Waals surface area (Å²) < 4.78 is 16.1. The second kappa shape index (κ2) is 6.30. The first-order valence-corrected chi connectivity index (χ1v) is 6.33. The Morgan fingerprint density at radius 3 is 2.79 bits per heavy atom. The van der Waals surface area contributed by atoms with Gasteiger partial charge in [-0.15, -0.1) is 0 Å². The van der Waals surface area contributed by atoms with Crippen LogP contribution in [0.3, 0.4) is 0 Å². The predicted molar refractivity (Wildman–Crippen MR) is 70.2 cm³/mol. The molecular weight excluding hydrogens is 244 g/mol. The van der Waals surface area contributed by atoms with Gasteiger partial charge in [0.2, 0.25) is 6.79 Å². The van der Waals surface area contributed by atoms with E-state index in [0.717, 1.165) is 17.9 Å². The lowest BCUT2D eigenvalue weighted by atomic mass is 10.1. The van der Waals surface area contributed by atoms with E-state index in [2.05, 4.69) is 19.2 Å². The van der Waals surface area contributed by atoms with E-state index in [0.29, 0.717) is 24.0 Å². The summed E-state index contributed by atoms with van der Waals surface area (Å²) in [4.78, 5) is 0. The standard InChI is InChI=1S/C14H18N2O3/c1-10(2)7-16-8-11-5-13-14(19-9-18-13)6-12(11)17-4-3-15/h5-6,10,16H,4,7-9H2,1-2H3. The van der Waals surface area contributed by atoms with Crippen LogP contribution in [0, 0.1) is 17.2 Å². The summed E-state index contributed by atoms with van der Waals surface area (Å²) in [6, 6.07) is 5.66. The van der Waals surface area contributed by atoms with E-state index in [9.17, 15) is 0 Å². The molecule has 0 bridgehead atoms. The Labute approximate surface area is 113 Å². The lowest BCUT2D eigenvalue weighted by Gasteiger charge is -2.12.